The Kier molecular flexibility index (Phi) is 5.26. The predicted octanol–water partition coefficient (Wildman–Crippen LogP) is 3.00. The van der Waals surface area contributed by atoms with Crippen molar-refractivity contribution in [3.8, 4) is 0 Å². The van der Waals surface area contributed by atoms with Gasteiger partial charge in [-0.3, -0.25) is 0 Å². The minimum Gasteiger partial charge on any atom is -0.466 e. The lowest BCUT2D eigenvalue weighted by atomic mass is 9.80. The molecule has 0 saturated carbocycles. The number of rotatable bonds is 3. The molecule has 1 unspecified atom stereocenters. The third-order valence-electron chi connectivity index (χ3n) is 5.25. The number of aromatic nitrogens is 1. The number of nitrogens with zero attached hydrogens (tertiary/aromatic N) is 1. The minimum absolute atomic E-state index is 0.0667. The van der Waals surface area contributed by atoms with E-state index in [9.17, 15) is 9.59 Å². The zero-order valence-electron chi connectivity index (χ0n) is 16.5. The first-order valence-corrected chi connectivity index (χ1v) is 9.12. The van der Waals surface area contributed by atoms with Crippen LogP contribution >= 0.6 is 0 Å². The number of nitrogens with one attached hydrogen (secondary N) is 1. The van der Waals surface area contributed by atoms with Gasteiger partial charge in [0, 0.05) is 36.1 Å². The summed E-state index contributed by atoms with van der Waals surface area (Å²) in [7, 11) is 4.48. The molecule has 2 aromatic rings. The molecule has 2 heterocycles. The fraction of sp³-hybridized carbons (Fsp3) is 0.429. The van der Waals surface area contributed by atoms with Gasteiger partial charge in [-0.2, -0.15) is 0 Å². The predicted molar refractivity (Wildman–Crippen MR) is 103 cm³/mol. The molecule has 3 rings (SSSR count). The summed E-state index contributed by atoms with van der Waals surface area (Å²) in [6, 6.07) is 8.12. The molecule has 0 amide bonds. The van der Waals surface area contributed by atoms with Crippen LogP contribution in [-0.2, 0) is 25.5 Å². The van der Waals surface area contributed by atoms with Crippen molar-refractivity contribution in [2.45, 2.75) is 26.2 Å². The maximum absolute atomic E-state index is 12.8. The standard InChI is InChI=1S/C21H26N2O4/c1-12(2)16-17(20(24)26-4)19(21(25)27-5)23(3)11-10-14-13-8-6-7-9-15(13)22-18(14)16/h6-9,12,16,22H,10-11H2,1-5H3/b19-17+. The number of hydrogen-bond donors (Lipinski definition) is 1. The van der Waals surface area contributed by atoms with Gasteiger partial charge in [-0.1, -0.05) is 32.0 Å². The van der Waals surface area contributed by atoms with Gasteiger partial charge in [0.2, 0.25) is 0 Å². The Morgan fingerprint density at radius 2 is 1.81 bits per heavy atom. The Morgan fingerprint density at radius 3 is 2.44 bits per heavy atom. The van der Waals surface area contributed by atoms with Crippen LogP contribution in [0.3, 0.4) is 0 Å². The van der Waals surface area contributed by atoms with Gasteiger partial charge in [0.05, 0.1) is 19.8 Å². The zero-order chi connectivity index (χ0) is 19.7. The van der Waals surface area contributed by atoms with E-state index in [4.69, 9.17) is 9.47 Å². The molecule has 6 nitrogen and oxygen atoms in total. The molecule has 1 N–H and O–H groups in total. The van der Waals surface area contributed by atoms with Crippen molar-refractivity contribution in [1.82, 2.24) is 9.88 Å². The minimum atomic E-state index is -0.525. The van der Waals surface area contributed by atoms with Crippen LogP contribution in [0.15, 0.2) is 35.5 Å². The number of carbonyl (C=O) groups is 2. The van der Waals surface area contributed by atoms with Crippen molar-refractivity contribution in [2.24, 2.45) is 5.92 Å². The van der Waals surface area contributed by atoms with Crippen LogP contribution in [0.1, 0.15) is 31.0 Å². The van der Waals surface area contributed by atoms with Gasteiger partial charge in [-0.15, -0.1) is 0 Å². The number of esters is 2. The van der Waals surface area contributed by atoms with Crippen molar-refractivity contribution >= 4 is 22.8 Å². The van der Waals surface area contributed by atoms with E-state index in [1.807, 2.05) is 39.1 Å². The van der Waals surface area contributed by atoms with Gasteiger partial charge in [-0.05, 0) is 24.0 Å². The summed E-state index contributed by atoms with van der Waals surface area (Å²) < 4.78 is 10.1. The van der Waals surface area contributed by atoms with E-state index >= 15 is 0 Å². The second-order valence-electron chi connectivity index (χ2n) is 7.20. The lowest BCUT2D eigenvalue weighted by Gasteiger charge is -2.32. The summed E-state index contributed by atoms with van der Waals surface area (Å²) in [4.78, 5) is 30.7. The second kappa shape index (κ2) is 7.47. The number of para-hydroxylation sites is 1. The Labute approximate surface area is 159 Å². The highest BCUT2D eigenvalue weighted by Gasteiger charge is 2.38. The van der Waals surface area contributed by atoms with Crippen molar-refractivity contribution in [3.05, 3.63) is 46.8 Å². The maximum Gasteiger partial charge on any atom is 0.354 e. The van der Waals surface area contributed by atoms with Gasteiger partial charge in [-0.25, -0.2) is 9.59 Å². The average Bonchev–Trinajstić information content (AvgIpc) is 3.00. The van der Waals surface area contributed by atoms with E-state index in [2.05, 4.69) is 11.1 Å². The summed E-state index contributed by atoms with van der Waals surface area (Å²) in [5.41, 5.74) is 3.80. The molecular weight excluding hydrogens is 344 g/mol. The highest BCUT2D eigenvalue weighted by atomic mass is 16.5. The van der Waals surface area contributed by atoms with Crippen LogP contribution in [0.4, 0.5) is 0 Å². The summed E-state index contributed by atoms with van der Waals surface area (Å²) >= 11 is 0. The molecule has 144 valence electrons. The Hall–Kier alpha value is -2.76. The van der Waals surface area contributed by atoms with Crippen LogP contribution in [-0.4, -0.2) is 49.6 Å². The molecule has 1 aromatic heterocycles. The van der Waals surface area contributed by atoms with Crippen LogP contribution in [0, 0.1) is 5.92 Å². The van der Waals surface area contributed by atoms with Crippen LogP contribution in [0.25, 0.3) is 10.9 Å². The summed E-state index contributed by atoms with van der Waals surface area (Å²) in [5.74, 6) is -1.27. The molecule has 0 aliphatic carbocycles. The first-order valence-electron chi connectivity index (χ1n) is 9.12. The summed E-state index contributed by atoms with van der Waals surface area (Å²) in [5, 5.41) is 1.15. The van der Waals surface area contributed by atoms with Gasteiger partial charge in [0.1, 0.15) is 5.70 Å². The smallest absolute Gasteiger partial charge is 0.354 e. The first-order chi connectivity index (χ1) is 12.9. The first kappa shape index (κ1) is 19.0. The number of hydrogen-bond acceptors (Lipinski definition) is 5. The highest BCUT2D eigenvalue weighted by molar-refractivity contribution is 6.01. The number of likely N-dealkylation sites (N-methyl/N-ethyl adjacent to an activating group) is 1. The number of ether oxygens (including phenoxy) is 2. The van der Waals surface area contributed by atoms with Crippen molar-refractivity contribution in [2.75, 3.05) is 27.8 Å². The molecule has 1 aliphatic heterocycles. The third kappa shape index (κ3) is 3.20. The molecule has 6 heteroatoms. The molecule has 0 spiro atoms. The Bertz CT molecular complexity index is 910. The number of H-pyrrole nitrogens is 1. The number of carbonyl (C=O) groups excluding carboxylic acids is 2. The number of methoxy groups -OCH3 is 2. The van der Waals surface area contributed by atoms with E-state index < -0.39 is 11.9 Å². The van der Waals surface area contributed by atoms with Crippen molar-refractivity contribution < 1.29 is 19.1 Å². The summed E-state index contributed by atoms with van der Waals surface area (Å²) in [6.07, 6.45) is 0.758. The molecule has 0 saturated heterocycles. The van der Waals surface area contributed by atoms with Crippen LogP contribution in [0.5, 0.6) is 0 Å². The molecule has 1 aliphatic rings. The third-order valence-corrected chi connectivity index (χ3v) is 5.25. The maximum atomic E-state index is 12.8. The molecule has 1 aromatic carbocycles. The van der Waals surface area contributed by atoms with Crippen LogP contribution < -0.4 is 0 Å². The van der Waals surface area contributed by atoms with E-state index in [1.54, 1.807) is 4.90 Å². The van der Waals surface area contributed by atoms with E-state index in [0.717, 1.165) is 23.0 Å². The monoisotopic (exact) mass is 370 g/mol. The van der Waals surface area contributed by atoms with Gasteiger partial charge in [0.15, 0.2) is 0 Å². The Balaban J connectivity index is 2.36. The second-order valence-corrected chi connectivity index (χ2v) is 7.20. The molecule has 0 bridgehead atoms. The number of aromatic amines is 1. The molecule has 1 atom stereocenters. The van der Waals surface area contributed by atoms with Gasteiger partial charge >= 0.3 is 11.9 Å². The van der Waals surface area contributed by atoms with Gasteiger partial charge < -0.3 is 19.4 Å². The number of fused-ring (bicyclic) bond motifs is 3. The molecular formula is C21H26N2O4. The quantitative estimate of drug-likeness (QED) is 0.841. The van der Waals surface area contributed by atoms with E-state index in [0.29, 0.717) is 12.1 Å². The fourth-order valence-electron chi connectivity index (χ4n) is 4.01. The zero-order valence-corrected chi connectivity index (χ0v) is 16.5. The lowest BCUT2D eigenvalue weighted by Crippen LogP contribution is -2.35. The van der Waals surface area contributed by atoms with Crippen molar-refractivity contribution in [1.29, 1.82) is 0 Å². The normalized spacial score (nSPS) is 20.2. The van der Waals surface area contributed by atoms with E-state index in [-0.39, 0.29) is 17.5 Å². The number of benzene rings is 1. The largest absolute Gasteiger partial charge is 0.466 e. The molecule has 0 radical (unpaired) electrons. The lowest BCUT2D eigenvalue weighted by molar-refractivity contribution is -0.141. The molecule has 0 fully saturated rings. The topological polar surface area (TPSA) is 71.6 Å². The Morgan fingerprint density at radius 1 is 1.15 bits per heavy atom. The highest BCUT2D eigenvalue weighted by Crippen LogP contribution is 2.40. The summed E-state index contributed by atoms with van der Waals surface area (Å²) in [6.45, 7) is 4.67. The molecule has 27 heavy (non-hydrogen) atoms. The SMILES string of the molecule is COC(=O)/C1=C(\C(=O)OC)N(C)CCc2c([nH]c3ccccc23)C1C(C)C. The fourth-order valence-corrected chi connectivity index (χ4v) is 4.01. The van der Waals surface area contributed by atoms with Crippen molar-refractivity contribution in [3.63, 3.8) is 0 Å². The average molecular weight is 370 g/mol. The van der Waals surface area contributed by atoms with Crippen LogP contribution in [0.2, 0.25) is 0 Å². The van der Waals surface area contributed by atoms with Gasteiger partial charge in [0.25, 0.3) is 0 Å². The van der Waals surface area contributed by atoms with E-state index in [1.165, 1.54) is 19.8 Å².